The third-order valence-electron chi connectivity index (χ3n) is 4.69. The highest BCUT2D eigenvalue weighted by molar-refractivity contribution is 7.92. The molecule has 2 N–H and O–H groups in total. The zero-order chi connectivity index (χ0) is 23.1. The van der Waals surface area contributed by atoms with Crippen LogP contribution < -0.4 is 14.8 Å². The van der Waals surface area contributed by atoms with Crippen molar-refractivity contribution >= 4 is 38.9 Å². The van der Waals surface area contributed by atoms with Crippen molar-refractivity contribution in [2.75, 3.05) is 16.6 Å². The molecule has 32 heavy (non-hydrogen) atoms. The van der Waals surface area contributed by atoms with Gasteiger partial charge in [0.25, 0.3) is 10.0 Å². The monoisotopic (exact) mass is 472 g/mol. The molecular weight excluding hydrogens is 448 g/mol. The first-order valence-corrected chi connectivity index (χ1v) is 12.0. The van der Waals surface area contributed by atoms with E-state index >= 15 is 0 Å². The van der Waals surface area contributed by atoms with E-state index in [4.69, 9.17) is 16.3 Å². The first-order valence-electron chi connectivity index (χ1n) is 10.1. The van der Waals surface area contributed by atoms with Crippen molar-refractivity contribution < 1.29 is 17.9 Å². The highest BCUT2D eigenvalue weighted by Gasteiger charge is 2.14. The van der Waals surface area contributed by atoms with Crippen LogP contribution in [0.1, 0.15) is 24.0 Å². The van der Waals surface area contributed by atoms with Gasteiger partial charge in [-0.25, -0.2) is 8.42 Å². The standard InChI is InChI=1S/C24H25ClN2O4S/c1-17-5-12-22(13-6-17)32(29,30)27-21-10-8-20(9-11-21)26-24(28)4-3-15-31-23-14-7-19(25)16-18(23)2/h5-14,16,27H,3-4,15H2,1-2H3,(H,26,28). The first kappa shape index (κ1) is 23.6. The van der Waals surface area contributed by atoms with Crippen LogP contribution in [-0.4, -0.2) is 20.9 Å². The van der Waals surface area contributed by atoms with Crippen LogP contribution in [-0.2, 0) is 14.8 Å². The largest absolute Gasteiger partial charge is 0.493 e. The van der Waals surface area contributed by atoms with Gasteiger partial charge in [-0.15, -0.1) is 0 Å². The molecule has 0 aliphatic carbocycles. The Kier molecular flexibility index (Phi) is 7.77. The number of rotatable bonds is 9. The second-order valence-electron chi connectivity index (χ2n) is 7.41. The van der Waals surface area contributed by atoms with Gasteiger partial charge >= 0.3 is 0 Å². The van der Waals surface area contributed by atoms with E-state index in [2.05, 4.69) is 10.0 Å². The second kappa shape index (κ2) is 10.5. The summed E-state index contributed by atoms with van der Waals surface area (Å²) in [5.74, 6) is 0.605. The lowest BCUT2D eigenvalue weighted by atomic mass is 10.2. The van der Waals surface area contributed by atoms with E-state index in [1.54, 1.807) is 54.6 Å². The maximum atomic E-state index is 12.5. The Balaban J connectivity index is 1.46. The van der Waals surface area contributed by atoms with Crippen molar-refractivity contribution in [1.29, 1.82) is 0 Å². The molecule has 3 rings (SSSR count). The fourth-order valence-electron chi connectivity index (χ4n) is 2.97. The predicted molar refractivity (Wildman–Crippen MR) is 128 cm³/mol. The molecule has 6 nitrogen and oxygen atoms in total. The molecule has 0 atom stereocenters. The van der Waals surface area contributed by atoms with Gasteiger partial charge in [-0.3, -0.25) is 9.52 Å². The maximum Gasteiger partial charge on any atom is 0.261 e. The zero-order valence-corrected chi connectivity index (χ0v) is 19.5. The van der Waals surface area contributed by atoms with Gasteiger partial charge in [0.15, 0.2) is 0 Å². The average molecular weight is 473 g/mol. The molecule has 0 radical (unpaired) electrons. The van der Waals surface area contributed by atoms with E-state index < -0.39 is 10.0 Å². The number of carbonyl (C=O) groups is 1. The normalized spacial score (nSPS) is 11.1. The van der Waals surface area contributed by atoms with Gasteiger partial charge in [0, 0.05) is 22.8 Å². The smallest absolute Gasteiger partial charge is 0.261 e. The zero-order valence-electron chi connectivity index (χ0n) is 17.9. The minimum absolute atomic E-state index is 0.144. The van der Waals surface area contributed by atoms with Crippen LogP contribution in [0.4, 0.5) is 11.4 Å². The third-order valence-corrected chi connectivity index (χ3v) is 6.33. The van der Waals surface area contributed by atoms with Crippen molar-refractivity contribution in [3.8, 4) is 5.75 Å². The molecule has 0 aliphatic heterocycles. The molecule has 3 aromatic carbocycles. The number of carbonyl (C=O) groups excluding carboxylic acids is 1. The van der Waals surface area contributed by atoms with E-state index in [0.717, 1.165) is 16.9 Å². The average Bonchev–Trinajstić information content (AvgIpc) is 2.74. The van der Waals surface area contributed by atoms with E-state index in [-0.39, 0.29) is 10.8 Å². The Hall–Kier alpha value is -3.03. The number of aryl methyl sites for hydroxylation is 2. The fourth-order valence-corrected chi connectivity index (χ4v) is 4.25. The summed E-state index contributed by atoms with van der Waals surface area (Å²) in [7, 11) is -3.67. The van der Waals surface area contributed by atoms with Crippen LogP contribution in [0.5, 0.6) is 5.75 Å². The Morgan fingerprint density at radius 1 is 0.938 bits per heavy atom. The number of hydrogen-bond donors (Lipinski definition) is 2. The number of anilines is 2. The van der Waals surface area contributed by atoms with Crippen molar-refractivity contribution in [2.45, 2.75) is 31.6 Å². The summed E-state index contributed by atoms with van der Waals surface area (Å²) in [6.45, 7) is 4.22. The Labute approximate surface area is 193 Å². The summed E-state index contributed by atoms with van der Waals surface area (Å²) in [6, 6.07) is 18.5. The number of nitrogens with one attached hydrogen (secondary N) is 2. The lowest BCUT2D eigenvalue weighted by Crippen LogP contribution is -2.14. The minimum atomic E-state index is -3.67. The summed E-state index contributed by atoms with van der Waals surface area (Å²) in [4.78, 5) is 12.4. The predicted octanol–water partition coefficient (Wildman–Crippen LogP) is 5.56. The van der Waals surface area contributed by atoms with Crippen molar-refractivity contribution in [3.05, 3.63) is 82.9 Å². The lowest BCUT2D eigenvalue weighted by molar-refractivity contribution is -0.116. The molecule has 0 bridgehead atoms. The molecule has 0 heterocycles. The van der Waals surface area contributed by atoms with Gasteiger partial charge in [-0.05, 0) is 80.4 Å². The highest BCUT2D eigenvalue weighted by atomic mass is 35.5. The van der Waals surface area contributed by atoms with E-state index in [1.807, 2.05) is 26.0 Å². The lowest BCUT2D eigenvalue weighted by Gasteiger charge is -2.11. The molecule has 168 valence electrons. The summed E-state index contributed by atoms with van der Waals surface area (Å²) in [6.07, 6.45) is 0.858. The molecular formula is C24H25ClN2O4S. The molecule has 3 aromatic rings. The fraction of sp³-hybridized carbons (Fsp3) is 0.208. The van der Waals surface area contributed by atoms with Crippen LogP contribution in [0.2, 0.25) is 5.02 Å². The number of ether oxygens (including phenoxy) is 1. The van der Waals surface area contributed by atoms with Gasteiger partial charge in [-0.2, -0.15) is 0 Å². The third kappa shape index (κ3) is 6.73. The summed E-state index contributed by atoms with van der Waals surface area (Å²) < 4.78 is 33.2. The topological polar surface area (TPSA) is 84.5 Å². The van der Waals surface area contributed by atoms with Crippen LogP contribution >= 0.6 is 11.6 Å². The summed E-state index contributed by atoms with van der Waals surface area (Å²) in [5.41, 5.74) is 2.92. The summed E-state index contributed by atoms with van der Waals surface area (Å²) in [5, 5.41) is 3.45. The van der Waals surface area contributed by atoms with Crippen LogP contribution in [0.3, 0.4) is 0 Å². The van der Waals surface area contributed by atoms with Gasteiger partial charge in [0.05, 0.1) is 11.5 Å². The van der Waals surface area contributed by atoms with Crippen molar-refractivity contribution in [3.63, 3.8) is 0 Å². The number of sulfonamides is 1. The number of benzene rings is 3. The van der Waals surface area contributed by atoms with Gasteiger partial charge in [-0.1, -0.05) is 29.3 Å². The minimum Gasteiger partial charge on any atom is -0.493 e. The molecule has 0 saturated heterocycles. The Morgan fingerprint density at radius 2 is 1.59 bits per heavy atom. The molecule has 1 amide bonds. The highest BCUT2D eigenvalue weighted by Crippen LogP contribution is 2.22. The molecule has 0 aromatic heterocycles. The molecule has 0 unspecified atom stereocenters. The van der Waals surface area contributed by atoms with Crippen LogP contribution in [0.25, 0.3) is 0 Å². The van der Waals surface area contributed by atoms with Crippen LogP contribution in [0.15, 0.2) is 71.6 Å². The quantitative estimate of drug-likeness (QED) is 0.399. The molecule has 8 heteroatoms. The van der Waals surface area contributed by atoms with Crippen molar-refractivity contribution in [1.82, 2.24) is 0 Å². The second-order valence-corrected chi connectivity index (χ2v) is 9.52. The molecule has 0 fully saturated rings. The number of hydrogen-bond acceptors (Lipinski definition) is 4. The maximum absolute atomic E-state index is 12.5. The van der Waals surface area contributed by atoms with Crippen LogP contribution in [0, 0.1) is 13.8 Å². The van der Waals surface area contributed by atoms with Gasteiger partial charge in [0.1, 0.15) is 5.75 Å². The van der Waals surface area contributed by atoms with E-state index in [9.17, 15) is 13.2 Å². The number of amides is 1. The summed E-state index contributed by atoms with van der Waals surface area (Å²) >= 11 is 5.93. The van der Waals surface area contributed by atoms with Gasteiger partial charge < -0.3 is 10.1 Å². The van der Waals surface area contributed by atoms with Crippen molar-refractivity contribution in [2.24, 2.45) is 0 Å². The van der Waals surface area contributed by atoms with E-state index in [0.29, 0.717) is 35.8 Å². The molecule has 0 saturated carbocycles. The number of halogens is 1. The molecule has 0 spiro atoms. The first-order chi connectivity index (χ1) is 15.2. The molecule has 0 aliphatic rings. The SMILES string of the molecule is Cc1ccc(S(=O)(=O)Nc2ccc(NC(=O)CCCOc3ccc(Cl)cc3C)cc2)cc1. The van der Waals surface area contributed by atoms with E-state index in [1.165, 1.54) is 0 Å². The Morgan fingerprint density at radius 3 is 2.25 bits per heavy atom. The van der Waals surface area contributed by atoms with Gasteiger partial charge in [0.2, 0.25) is 5.91 Å². The Bertz CT molecular complexity index is 1180.